The van der Waals surface area contributed by atoms with E-state index < -0.39 is 35.2 Å². The molecule has 27 heavy (non-hydrogen) atoms. The van der Waals surface area contributed by atoms with Crippen LogP contribution in [0, 0.1) is 11.6 Å². The van der Waals surface area contributed by atoms with Gasteiger partial charge in [0, 0.05) is 24.5 Å². The van der Waals surface area contributed by atoms with Gasteiger partial charge in [-0.2, -0.15) is 0 Å². The Balaban J connectivity index is 1.59. The van der Waals surface area contributed by atoms with E-state index in [2.05, 4.69) is 20.8 Å². The Morgan fingerprint density at radius 1 is 1.30 bits per heavy atom. The van der Waals surface area contributed by atoms with Crippen LogP contribution < -0.4 is 10.8 Å². The Kier molecular flexibility index (Phi) is 5.38. The summed E-state index contributed by atoms with van der Waals surface area (Å²) in [6.45, 7) is 1.69. The van der Waals surface area contributed by atoms with Crippen molar-refractivity contribution in [3.8, 4) is 0 Å². The quantitative estimate of drug-likeness (QED) is 0.733. The fourth-order valence-electron chi connectivity index (χ4n) is 2.95. The van der Waals surface area contributed by atoms with Crippen molar-refractivity contribution in [3.63, 3.8) is 0 Å². The van der Waals surface area contributed by atoms with Crippen LogP contribution in [0.4, 0.5) is 8.78 Å². The van der Waals surface area contributed by atoms with Crippen molar-refractivity contribution in [2.45, 2.75) is 37.5 Å². The molecule has 0 aromatic heterocycles. The molecule has 2 N–H and O–H groups in total. The summed E-state index contributed by atoms with van der Waals surface area (Å²) in [6, 6.07) is 2.61. The maximum absolute atomic E-state index is 13.4. The van der Waals surface area contributed by atoms with Crippen LogP contribution in [0.3, 0.4) is 0 Å². The molecular formula is C17H19F2N3O5. The second-order valence-corrected chi connectivity index (χ2v) is 6.59. The van der Waals surface area contributed by atoms with Crippen molar-refractivity contribution in [1.29, 1.82) is 0 Å². The fourth-order valence-corrected chi connectivity index (χ4v) is 2.95. The number of ether oxygens (including phenoxy) is 1. The fraction of sp³-hybridized carbons (Fsp3) is 0.471. The summed E-state index contributed by atoms with van der Waals surface area (Å²) in [5.41, 5.74) is 1.33. The number of hydrogen-bond donors (Lipinski definition) is 2. The lowest BCUT2D eigenvalue weighted by atomic mass is 9.94. The van der Waals surface area contributed by atoms with Gasteiger partial charge in [-0.3, -0.25) is 14.4 Å². The van der Waals surface area contributed by atoms with Crippen molar-refractivity contribution in [2.75, 3.05) is 13.7 Å². The van der Waals surface area contributed by atoms with Crippen LogP contribution >= 0.6 is 0 Å². The zero-order valence-electron chi connectivity index (χ0n) is 14.8. The summed E-state index contributed by atoms with van der Waals surface area (Å²) in [7, 11) is 1.31. The molecule has 8 nitrogen and oxygen atoms in total. The number of nitrogens with zero attached hydrogens (tertiary/aromatic N) is 1. The summed E-state index contributed by atoms with van der Waals surface area (Å²) in [5.74, 6) is -2.38. The molecular weight excluding hydrogens is 364 g/mol. The molecule has 0 bridgehead atoms. The van der Waals surface area contributed by atoms with Gasteiger partial charge >= 0.3 is 0 Å². The van der Waals surface area contributed by atoms with Crippen molar-refractivity contribution in [1.82, 2.24) is 10.8 Å². The number of rotatable bonds is 5. The molecule has 1 aromatic carbocycles. The highest BCUT2D eigenvalue weighted by Gasteiger charge is 2.44. The first-order chi connectivity index (χ1) is 12.8. The normalized spacial score (nSPS) is 27.0. The standard InChI is InChI=1S/C17H19F2N3O5/c1-17(7-13(21-27-17)9-3-10(18)5-11(19)4-9)16(24)20-12-6-14(26-8-12)15(23)22-25-2/h3-5,12,14H,6-8H2,1-2H3,(H,20,24)(H,22,23)/t12?,14?,17-/m1/s1. The Morgan fingerprint density at radius 2 is 2.00 bits per heavy atom. The van der Waals surface area contributed by atoms with Crippen LogP contribution in [0.2, 0.25) is 0 Å². The maximum Gasteiger partial charge on any atom is 0.272 e. The van der Waals surface area contributed by atoms with Gasteiger partial charge in [0.1, 0.15) is 17.7 Å². The van der Waals surface area contributed by atoms with Crippen molar-refractivity contribution in [3.05, 3.63) is 35.4 Å². The number of nitrogens with one attached hydrogen (secondary N) is 2. The smallest absolute Gasteiger partial charge is 0.272 e. The number of hydroxylamine groups is 1. The van der Waals surface area contributed by atoms with E-state index in [9.17, 15) is 18.4 Å². The number of carbonyl (C=O) groups excluding carboxylic acids is 2. The second kappa shape index (κ2) is 7.57. The van der Waals surface area contributed by atoms with Gasteiger partial charge in [0.15, 0.2) is 0 Å². The lowest BCUT2D eigenvalue weighted by molar-refractivity contribution is -0.142. The third-order valence-electron chi connectivity index (χ3n) is 4.37. The zero-order chi connectivity index (χ0) is 19.6. The van der Waals surface area contributed by atoms with Crippen molar-refractivity contribution in [2.24, 2.45) is 5.16 Å². The minimum atomic E-state index is -1.33. The SMILES string of the molecule is CONC(=O)C1CC(NC(=O)[C@@]2(C)CC(c3cc(F)cc(F)c3)=NO2)CO1. The predicted molar refractivity (Wildman–Crippen MR) is 88.4 cm³/mol. The minimum absolute atomic E-state index is 0.0445. The number of halogens is 2. The number of carbonyl (C=O) groups is 2. The van der Waals surface area contributed by atoms with Gasteiger partial charge < -0.3 is 14.9 Å². The number of hydrogen-bond acceptors (Lipinski definition) is 6. The number of oxime groups is 1. The molecule has 0 aliphatic carbocycles. The molecule has 0 radical (unpaired) electrons. The average Bonchev–Trinajstić information content (AvgIpc) is 3.22. The minimum Gasteiger partial charge on any atom is -0.379 e. The Hall–Kier alpha value is -2.59. The molecule has 1 aromatic rings. The van der Waals surface area contributed by atoms with E-state index in [1.165, 1.54) is 14.0 Å². The molecule has 0 spiro atoms. The van der Waals surface area contributed by atoms with Gasteiger partial charge in [0.2, 0.25) is 5.60 Å². The van der Waals surface area contributed by atoms with Crippen LogP contribution in [-0.4, -0.2) is 49.0 Å². The van der Waals surface area contributed by atoms with Crippen molar-refractivity contribution < 1.29 is 32.8 Å². The number of benzene rings is 1. The highest BCUT2D eigenvalue weighted by molar-refractivity contribution is 6.05. The van der Waals surface area contributed by atoms with Gasteiger partial charge in [0.05, 0.1) is 25.5 Å². The van der Waals surface area contributed by atoms with Crippen LogP contribution in [0.15, 0.2) is 23.4 Å². The van der Waals surface area contributed by atoms with E-state index >= 15 is 0 Å². The first-order valence-corrected chi connectivity index (χ1v) is 8.27. The number of amides is 2. The molecule has 0 saturated carbocycles. The van der Waals surface area contributed by atoms with E-state index in [-0.39, 0.29) is 36.8 Å². The van der Waals surface area contributed by atoms with Crippen LogP contribution in [0.25, 0.3) is 0 Å². The first-order valence-electron chi connectivity index (χ1n) is 8.27. The van der Waals surface area contributed by atoms with Gasteiger partial charge in [-0.1, -0.05) is 5.16 Å². The second-order valence-electron chi connectivity index (χ2n) is 6.59. The molecule has 2 amide bonds. The Bertz CT molecular complexity index is 768. The summed E-state index contributed by atoms with van der Waals surface area (Å²) in [6.07, 6.45) is -0.405. The molecule has 1 saturated heterocycles. The summed E-state index contributed by atoms with van der Waals surface area (Å²) >= 11 is 0. The largest absolute Gasteiger partial charge is 0.379 e. The van der Waals surface area contributed by atoms with Gasteiger partial charge in [-0.05, 0) is 19.1 Å². The van der Waals surface area contributed by atoms with Gasteiger partial charge in [0.25, 0.3) is 11.8 Å². The molecule has 3 atom stereocenters. The monoisotopic (exact) mass is 383 g/mol. The third kappa shape index (κ3) is 4.22. The highest BCUT2D eigenvalue weighted by Crippen LogP contribution is 2.28. The molecule has 2 aliphatic rings. The van der Waals surface area contributed by atoms with Crippen LogP contribution in [-0.2, 0) is 24.0 Å². The molecule has 2 heterocycles. The average molecular weight is 383 g/mol. The molecule has 2 unspecified atom stereocenters. The van der Waals surface area contributed by atoms with E-state index in [1.807, 2.05) is 0 Å². The third-order valence-corrected chi connectivity index (χ3v) is 4.37. The molecule has 3 rings (SSSR count). The topological polar surface area (TPSA) is 98.3 Å². The summed E-state index contributed by atoms with van der Waals surface area (Å²) in [4.78, 5) is 34.1. The predicted octanol–water partition coefficient (Wildman–Crippen LogP) is 0.799. The molecule has 146 valence electrons. The first kappa shape index (κ1) is 19.2. The lowest BCUT2D eigenvalue weighted by Crippen LogP contribution is -2.49. The molecule has 10 heteroatoms. The van der Waals surface area contributed by atoms with E-state index in [0.29, 0.717) is 0 Å². The Morgan fingerprint density at radius 3 is 2.67 bits per heavy atom. The maximum atomic E-state index is 13.4. The molecule has 1 fully saturated rings. The molecule has 2 aliphatic heterocycles. The Labute approximate surface area is 153 Å². The lowest BCUT2D eigenvalue weighted by Gasteiger charge is -2.22. The van der Waals surface area contributed by atoms with E-state index in [1.54, 1.807) is 0 Å². The van der Waals surface area contributed by atoms with Crippen molar-refractivity contribution >= 4 is 17.5 Å². The summed E-state index contributed by atoms with van der Waals surface area (Å²) < 4.78 is 32.1. The highest BCUT2D eigenvalue weighted by atomic mass is 19.1. The van der Waals surface area contributed by atoms with Crippen LogP contribution in [0.5, 0.6) is 0 Å². The summed E-state index contributed by atoms with van der Waals surface area (Å²) in [5, 5.41) is 6.57. The van der Waals surface area contributed by atoms with Crippen LogP contribution in [0.1, 0.15) is 25.3 Å². The van der Waals surface area contributed by atoms with Gasteiger partial charge in [-0.15, -0.1) is 0 Å². The van der Waals surface area contributed by atoms with E-state index in [0.717, 1.165) is 18.2 Å². The van der Waals surface area contributed by atoms with Gasteiger partial charge in [-0.25, -0.2) is 14.3 Å². The zero-order valence-corrected chi connectivity index (χ0v) is 14.8. The van der Waals surface area contributed by atoms with E-state index in [4.69, 9.17) is 9.57 Å².